The molecule has 0 bridgehead atoms. The van der Waals surface area contributed by atoms with Gasteiger partial charge in [-0.05, 0) is 61.1 Å². The second-order valence-electron chi connectivity index (χ2n) is 15.1. The fourth-order valence-corrected chi connectivity index (χ4v) is 9.51. The van der Waals surface area contributed by atoms with Crippen LogP contribution in [0.3, 0.4) is 0 Å². The fraction of sp³-hybridized carbons (Fsp3) is 0.208. The Hall–Kier alpha value is -6.94. The molecule has 2 aliphatic carbocycles. The number of hydrogen-bond acceptors (Lipinski definition) is 8. The van der Waals surface area contributed by atoms with Crippen molar-refractivity contribution in [1.82, 2.24) is 14.5 Å². The number of aromatic nitrogens is 3. The molecule has 0 spiro atoms. The first-order valence-corrected chi connectivity index (χ1v) is 19.0. The van der Waals surface area contributed by atoms with Gasteiger partial charge in [-0.25, -0.2) is 9.78 Å². The summed E-state index contributed by atoms with van der Waals surface area (Å²) in [6.45, 7) is 6.01. The first-order chi connectivity index (χ1) is 27.9. The molecule has 6 aromatic rings. The number of nitrogens with one attached hydrogen (secondary N) is 1. The molecule has 4 aromatic carbocycles. The van der Waals surface area contributed by atoms with Crippen LogP contribution < -0.4 is 0 Å². The zero-order valence-electron chi connectivity index (χ0n) is 32.8. The number of ketones is 3. The Morgan fingerprint density at radius 1 is 0.724 bits per heavy atom. The number of carbonyl (C=O) groups excluding carboxylic acids is 5. The molecule has 0 radical (unpaired) electrons. The number of rotatable bonds is 12. The number of hydrogen-bond donors (Lipinski definition) is 1. The van der Waals surface area contributed by atoms with Gasteiger partial charge in [-0.15, -0.1) is 0 Å². The largest absolute Gasteiger partial charge is 0.460 e. The Balaban J connectivity index is 1.32. The van der Waals surface area contributed by atoms with E-state index in [9.17, 15) is 14.4 Å². The predicted octanol–water partition coefficient (Wildman–Crippen LogP) is 8.05. The number of carbonyl (C=O) groups is 5. The number of H-pyrrole nitrogens is 1. The number of ether oxygens (including phenoxy) is 2. The summed E-state index contributed by atoms with van der Waals surface area (Å²) in [4.78, 5) is 80.3. The minimum atomic E-state index is -1.85. The average Bonchev–Trinajstić information content (AvgIpc) is 3.51. The van der Waals surface area contributed by atoms with Crippen LogP contribution in [0.4, 0.5) is 0 Å². The van der Waals surface area contributed by atoms with E-state index < -0.39 is 34.0 Å². The maximum atomic E-state index is 15.4. The van der Waals surface area contributed by atoms with Crippen LogP contribution in [0.15, 0.2) is 128 Å². The number of imidazole rings is 1. The first-order valence-electron chi connectivity index (χ1n) is 19.0. The zero-order valence-corrected chi connectivity index (χ0v) is 32.8. The average molecular weight is 772 g/mol. The molecule has 0 aliphatic heterocycles. The van der Waals surface area contributed by atoms with E-state index in [0.717, 1.165) is 11.1 Å². The molecule has 1 fully saturated rings. The number of allylic oxidation sites excluding steroid dienone is 1. The topological polar surface area (TPSA) is 137 Å². The quantitative estimate of drug-likeness (QED) is 0.0975. The number of Topliss-reactive ketones (excluding diaryl/α,β-unsaturated/α-hetero) is 3. The molecule has 10 heteroatoms. The van der Waals surface area contributed by atoms with Crippen LogP contribution in [0.2, 0.25) is 0 Å². The lowest BCUT2D eigenvalue weighted by atomic mass is 9.75. The van der Waals surface area contributed by atoms with E-state index >= 15 is 9.59 Å². The highest BCUT2D eigenvalue weighted by Gasteiger charge is 2.98. The summed E-state index contributed by atoms with van der Waals surface area (Å²) in [6, 6.07) is 36.7. The molecule has 1 saturated carbocycles. The Morgan fingerprint density at radius 2 is 1.24 bits per heavy atom. The molecule has 0 unspecified atom stereocenters. The molecule has 2 aromatic heterocycles. The standard InChI is InChI=1S/C48H41N3O7/c1-29-37(30(2)52)41(50-40(29)44(55)57-27-32-18-10-6-11-19-32)43-49-36(26-51(43)5)47(31(3)53)46(4)42(54)38(34-22-14-8-15-23-34)39(35-24-16-9-17-25-35)48(46,47)45(56)58-28-33-20-12-7-13-21-33/h6-26,50H,27-28H2,1-5H3/t46-,47+,48+/m0/s1. The van der Waals surface area contributed by atoms with Crippen molar-refractivity contribution in [3.63, 3.8) is 0 Å². The summed E-state index contributed by atoms with van der Waals surface area (Å²) in [5.41, 5.74) is -0.864. The molecular weight excluding hydrogens is 731 g/mol. The van der Waals surface area contributed by atoms with Gasteiger partial charge >= 0.3 is 11.9 Å². The van der Waals surface area contributed by atoms with Crippen molar-refractivity contribution in [1.29, 1.82) is 0 Å². The predicted molar refractivity (Wildman–Crippen MR) is 217 cm³/mol. The highest BCUT2D eigenvalue weighted by Crippen LogP contribution is 2.88. The van der Waals surface area contributed by atoms with Gasteiger partial charge in [0.05, 0.1) is 16.8 Å². The third-order valence-corrected chi connectivity index (χ3v) is 12.0. The van der Waals surface area contributed by atoms with Gasteiger partial charge < -0.3 is 19.0 Å². The van der Waals surface area contributed by atoms with Crippen LogP contribution in [0, 0.1) is 17.8 Å². The van der Waals surface area contributed by atoms with Crippen LogP contribution >= 0.6 is 0 Å². The van der Waals surface area contributed by atoms with Gasteiger partial charge in [-0.2, -0.15) is 0 Å². The molecule has 2 aliphatic rings. The summed E-state index contributed by atoms with van der Waals surface area (Å²) in [5, 5.41) is 0. The van der Waals surface area contributed by atoms with Gasteiger partial charge in [0.2, 0.25) is 0 Å². The number of esters is 2. The van der Waals surface area contributed by atoms with E-state index in [1.807, 2.05) is 121 Å². The normalized spacial score (nSPS) is 20.7. The van der Waals surface area contributed by atoms with Crippen LogP contribution in [0.5, 0.6) is 0 Å². The Morgan fingerprint density at radius 3 is 1.78 bits per heavy atom. The maximum absolute atomic E-state index is 15.4. The minimum Gasteiger partial charge on any atom is -0.460 e. The Bertz CT molecular complexity index is 2660. The van der Waals surface area contributed by atoms with Crippen molar-refractivity contribution in [3.8, 4) is 11.5 Å². The van der Waals surface area contributed by atoms with Gasteiger partial charge in [-0.3, -0.25) is 19.2 Å². The van der Waals surface area contributed by atoms with E-state index in [0.29, 0.717) is 27.8 Å². The zero-order chi connectivity index (χ0) is 41.0. The summed E-state index contributed by atoms with van der Waals surface area (Å²) in [6.07, 6.45) is 1.62. The summed E-state index contributed by atoms with van der Waals surface area (Å²) >= 11 is 0. The maximum Gasteiger partial charge on any atom is 0.355 e. The van der Waals surface area contributed by atoms with Gasteiger partial charge in [0.25, 0.3) is 0 Å². The van der Waals surface area contributed by atoms with Gasteiger partial charge in [-0.1, -0.05) is 121 Å². The fourth-order valence-electron chi connectivity index (χ4n) is 9.51. The number of fused-ring (bicyclic) bond motifs is 1. The third-order valence-electron chi connectivity index (χ3n) is 12.0. The Kier molecular flexibility index (Phi) is 9.30. The van der Waals surface area contributed by atoms with E-state index in [1.165, 1.54) is 13.8 Å². The van der Waals surface area contributed by atoms with E-state index in [4.69, 9.17) is 14.5 Å². The van der Waals surface area contributed by atoms with Crippen LogP contribution in [-0.4, -0.2) is 43.8 Å². The number of nitrogens with zero attached hydrogens (tertiary/aromatic N) is 2. The SMILES string of the molecule is CC(=O)c1c(-c2nc([C@]3(C(C)=O)[C@]4(C)C(=O)C(c5ccccc5)=C(c5ccccc5)[C@@]43C(=O)OCc3ccccc3)cn2C)[nH]c(C(=O)OCc2ccccc2)c1C. The van der Waals surface area contributed by atoms with Crippen molar-refractivity contribution < 1.29 is 33.4 Å². The van der Waals surface area contributed by atoms with E-state index in [-0.39, 0.29) is 53.2 Å². The lowest BCUT2D eigenvalue weighted by molar-refractivity contribution is -0.152. The van der Waals surface area contributed by atoms with Gasteiger partial charge in [0.15, 0.2) is 17.4 Å². The van der Waals surface area contributed by atoms with Crippen molar-refractivity contribution >= 4 is 40.4 Å². The number of aromatic amines is 1. The molecule has 3 atom stereocenters. The van der Waals surface area contributed by atoms with Crippen LogP contribution in [0.1, 0.15) is 75.1 Å². The molecule has 2 heterocycles. The lowest BCUT2D eigenvalue weighted by Gasteiger charge is -2.26. The molecule has 0 amide bonds. The third kappa shape index (κ3) is 5.31. The van der Waals surface area contributed by atoms with Crippen molar-refractivity contribution in [3.05, 3.63) is 172 Å². The highest BCUT2D eigenvalue weighted by molar-refractivity contribution is 6.44. The molecule has 0 saturated heterocycles. The van der Waals surface area contributed by atoms with Crippen molar-refractivity contribution in [2.75, 3.05) is 0 Å². The van der Waals surface area contributed by atoms with Crippen LogP contribution in [0.25, 0.3) is 22.7 Å². The van der Waals surface area contributed by atoms with Crippen molar-refractivity contribution in [2.24, 2.45) is 17.9 Å². The Labute approximate surface area is 335 Å². The molecule has 10 nitrogen and oxygen atoms in total. The van der Waals surface area contributed by atoms with Gasteiger partial charge in [0.1, 0.15) is 35.5 Å². The smallest absolute Gasteiger partial charge is 0.355 e. The molecule has 1 N–H and O–H groups in total. The first kappa shape index (κ1) is 38.0. The summed E-state index contributed by atoms with van der Waals surface area (Å²) < 4.78 is 13.5. The highest BCUT2D eigenvalue weighted by atomic mass is 16.5. The number of benzene rings is 4. The van der Waals surface area contributed by atoms with Crippen LogP contribution in [-0.2, 0) is 49.5 Å². The molecular formula is C48H41N3O7. The lowest BCUT2D eigenvalue weighted by Crippen LogP contribution is -2.36. The monoisotopic (exact) mass is 771 g/mol. The second-order valence-corrected chi connectivity index (χ2v) is 15.1. The van der Waals surface area contributed by atoms with E-state index in [1.54, 1.807) is 31.7 Å². The molecule has 290 valence electrons. The molecule has 58 heavy (non-hydrogen) atoms. The summed E-state index contributed by atoms with van der Waals surface area (Å²) in [7, 11) is 1.69. The molecule has 8 rings (SSSR count). The minimum absolute atomic E-state index is 0.0217. The van der Waals surface area contributed by atoms with Gasteiger partial charge in [0, 0.05) is 24.4 Å². The summed E-state index contributed by atoms with van der Waals surface area (Å²) in [5.74, 6) is -2.35. The number of aryl methyl sites for hydroxylation is 1. The van der Waals surface area contributed by atoms with Crippen molar-refractivity contribution in [2.45, 2.75) is 46.3 Å². The second kappa shape index (κ2) is 14.2. The van der Waals surface area contributed by atoms with E-state index in [2.05, 4.69) is 4.98 Å².